The maximum Gasteiger partial charge on any atom is 0.289 e. The van der Waals surface area contributed by atoms with Gasteiger partial charge in [0.05, 0.1) is 31.1 Å². The molecule has 0 radical (unpaired) electrons. The monoisotopic (exact) mass is 514 g/mol. The van der Waals surface area contributed by atoms with Gasteiger partial charge < -0.3 is 26.2 Å². The predicted octanol–water partition coefficient (Wildman–Crippen LogP) is 1.86. The van der Waals surface area contributed by atoms with Crippen LogP contribution in [0.2, 0.25) is 0 Å². The molecule has 2 amide bonds. The van der Waals surface area contributed by atoms with Crippen molar-refractivity contribution >= 4 is 46.6 Å². The van der Waals surface area contributed by atoms with Gasteiger partial charge in [-0.15, -0.1) is 11.8 Å². The molecule has 1 saturated carbocycles. The molecule has 1 aliphatic heterocycles. The molecule has 0 bridgehead atoms. The highest BCUT2D eigenvalue weighted by molar-refractivity contribution is 7.99. The van der Waals surface area contributed by atoms with Crippen molar-refractivity contribution in [2.24, 2.45) is 16.1 Å². The minimum atomic E-state index is -0.674. The van der Waals surface area contributed by atoms with Crippen LogP contribution in [0.15, 0.2) is 40.5 Å². The van der Waals surface area contributed by atoms with Crippen LogP contribution < -0.4 is 10.6 Å². The van der Waals surface area contributed by atoms with Gasteiger partial charge in [-0.3, -0.25) is 19.4 Å². The van der Waals surface area contributed by atoms with Gasteiger partial charge in [-0.25, -0.2) is 0 Å². The third-order valence-electron chi connectivity index (χ3n) is 6.34. The third kappa shape index (κ3) is 7.64. The van der Waals surface area contributed by atoms with Gasteiger partial charge >= 0.3 is 0 Å². The first kappa shape index (κ1) is 27.4. The van der Waals surface area contributed by atoms with Crippen molar-refractivity contribution in [3.8, 4) is 0 Å². The van der Waals surface area contributed by atoms with Gasteiger partial charge in [-0.1, -0.05) is 48.3 Å². The number of nitrogens with zero attached hydrogens (tertiary/aromatic N) is 3. The molecule has 2 aliphatic rings. The van der Waals surface area contributed by atoms with Crippen LogP contribution in [0.25, 0.3) is 0 Å². The number of carbonyl (C=O) groups is 3. The van der Waals surface area contributed by atoms with Crippen molar-refractivity contribution in [1.29, 1.82) is 5.41 Å². The largest absolute Gasteiger partial charge is 0.411 e. The lowest BCUT2D eigenvalue weighted by molar-refractivity contribution is -0.139. The number of thioether (sulfide) groups is 1. The number of Topliss-reactive ketones (excluding diaryl/α,β-unsaturated/α-hetero) is 1. The Morgan fingerprint density at radius 3 is 2.64 bits per heavy atom. The van der Waals surface area contributed by atoms with E-state index in [4.69, 9.17) is 10.6 Å². The number of rotatable bonds is 12. The molecule has 0 spiro atoms. The fourth-order valence-corrected chi connectivity index (χ4v) is 5.32. The number of hydrogen-bond acceptors (Lipinski definition) is 9. The van der Waals surface area contributed by atoms with Crippen LogP contribution in [0, 0.1) is 11.3 Å². The topological polar surface area (TPSA) is 147 Å². The minimum Gasteiger partial charge on any atom is -0.411 e. The van der Waals surface area contributed by atoms with Crippen LogP contribution in [0.4, 0.5) is 0 Å². The van der Waals surface area contributed by atoms with E-state index >= 15 is 0 Å². The van der Waals surface area contributed by atoms with Crippen LogP contribution in [0.3, 0.4) is 0 Å². The van der Waals surface area contributed by atoms with Crippen molar-refractivity contribution < 1.29 is 19.6 Å². The van der Waals surface area contributed by atoms with Gasteiger partial charge in [0.2, 0.25) is 5.91 Å². The first-order valence-electron chi connectivity index (χ1n) is 12.2. The molecular formula is C25H34N6O4S. The third-order valence-corrected chi connectivity index (χ3v) is 7.40. The summed E-state index contributed by atoms with van der Waals surface area (Å²) in [5.74, 6) is 0.337. The molecular weight excluding hydrogens is 480 g/mol. The summed E-state index contributed by atoms with van der Waals surface area (Å²) in [6, 6.07) is 9.22. The van der Waals surface area contributed by atoms with Crippen molar-refractivity contribution in [3.05, 3.63) is 35.9 Å². The second-order valence-corrected chi connectivity index (χ2v) is 9.96. The normalized spacial score (nSPS) is 17.5. The highest BCUT2D eigenvalue weighted by Gasteiger charge is 2.40. The number of amides is 2. The summed E-state index contributed by atoms with van der Waals surface area (Å²) >= 11 is 1.51. The van der Waals surface area contributed by atoms with Crippen LogP contribution >= 0.6 is 11.8 Å². The van der Waals surface area contributed by atoms with Crippen molar-refractivity contribution in [2.45, 2.75) is 44.4 Å². The van der Waals surface area contributed by atoms with Gasteiger partial charge in [0.15, 0.2) is 11.6 Å². The predicted molar refractivity (Wildman–Crippen MR) is 141 cm³/mol. The summed E-state index contributed by atoms with van der Waals surface area (Å²) < 4.78 is 0. The van der Waals surface area contributed by atoms with E-state index in [9.17, 15) is 14.4 Å². The summed E-state index contributed by atoms with van der Waals surface area (Å²) in [5, 5.41) is 25.4. The first-order valence-corrected chi connectivity index (χ1v) is 13.3. The second kappa shape index (κ2) is 13.8. The fraction of sp³-hybridized carbons (Fsp3) is 0.520. The van der Waals surface area contributed by atoms with Crippen LogP contribution in [-0.4, -0.2) is 82.9 Å². The maximum atomic E-state index is 13.3. The smallest absolute Gasteiger partial charge is 0.289 e. The quantitative estimate of drug-likeness (QED) is 0.190. The molecule has 194 valence electrons. The van der Waals surface area contributed by atoms with E-state index in [-0.39, 0.29) is 48.0 Å². The molecule has 11 heteroatoms. The molecule has 3 rings (SSSR count). The number of ketones is 1. The number of nitrogens with one attached hydrogen (secondary N) is 3. The lowest BCUT2D eigenvalue weighted by Crippen LogP contribution is -2.59. The average molecular weight is 515 g/mol. The van der Waals surface area contributed by atoms with Gasteiger partial charge in [0, 0.05) is 12.3 Å². The summed E-state index contributed by atoms with van der Waals surface area (Å²) in [6.45, 7) is 2.02. The first-order chi connectivity index (χ1) is 17.4. The SMILES string of the molecule is CC(=N)/C(CNC1=NCCN(C(C(=O)NCC(=O)CSCc2ccccc2)C2CCCC2)C1=O)=N\O. The Morgan fingerprint density at radius 2 is 1.97 bits per heavy atom. The van der Waals surface area contributed by atoms with Gasteiger partial charge in [-0.05, 0) is 31.2 Å². The summed E-state index contributed by atoms with van der Waals surface area (Å²) in [7, 11) is 0. The molecule has 1 aromatic rings. The Morgan fingerprint density at radius 1 is 1.25 bits per heavy atom. The summed E-state index contributed by atoms with van der Waals surface area (Å²) in [6.07, 6.45) is 3.69. The Balaban J connectivity index is 1.58. The van der Waals surface area contributed by atoms with Crippen LogP contribution in [0.1, 0.15) is 38.2 Å². The molecule has 1 aliphatic carbocycles. The lowest BCUT2D eigenvalue weighted by Gasteiger charge is -2.36. The number of carbonyl (C=O) groups excluding carboxylic acids is 3. The number of oxime groups is 1. The minimum absolute atomic E-state index is 0.0224. The molecule has 1 heterocycles. The number of hydrogen-bond donors (Lipinski definition) is 4. The van der Waals surface area contributed by atoms with E-state index in [1.165, 1.54) is 18.7 Å². The zero-order valence-electron chi connectivity index (χ0n) is 20.5. The zero-order chi connectivity index (χ0) is 25.9. The fourth-order valence-electron chi connectivity index (χ4n) is 4.46. The van der Waals surface area contributed by atoms with Crippen molar-refractivity contribution in [2.75, 3.05) is 31.9 Å². The van der Waals surface area contributed by atoms with E-state index in [1.807, 2.05) is 30.3 Å². The molecule has 1 unspecified atom stereocenters. The van der Waals surface area contributed by atoms with E-state index in [1.54, 1.807) is 4.90 Å². The second-order valence-electron chi connectivity index (χ2n) is 8.98. The molecule has 1 aromatic carbocycles. The molecule has 4 N–H and O–H groups in total. The molecule has 36 heavy (non-hydrogen) atoms. The Bertz CT molecular complexity index is 1010. The maximum absolute atomic E-state index is 13.3. The molecule has 1 fully saturated rings. The average Bonchev–Trinajstić information content (AvgIpc) is 3.40. The Kier molecular flexibility index (Phi) is 10.5. The number of aliphatic imine (C=N–C) groups is 1. The van der Waals surface area contributed by atoms with Crippen molar-refractivity contribution in [3.63, 3.8) is 0 Å². The number of benzene rings is 1. The van der Waals surface area contributed by atoms with E-state index in [2.05, 4.69) is 20.8 Å². The van der Waals surface area contributed by atoms with E-state index in [0.717, 1.165) is 37.0 Å². The standard InChI is InChI=1S/C25H34N6O4S/c1-17(26)21(30-35)14-28-23-25(34)31(12-11-27-23)22(19-9-5-6-10-19)24(33)29-13-20(32)16-36-15-18-7-3-2-4-8-18/h2-4,7-8,19,22,26,35H,5-6,9-16H2,1H3,(H,27,28)(H,29,33)/b26-17?,30-21-. The molecule has 0 saturated heterocycles. The summed E-state index contributed by atoms with van der Waals surface area (Å²) in [5.41, 5.74) is 1.31. The van der Waals surface area contributed by atoms with Crippen molar-refractivity contribution in [1.82, 2.24) is 15.5 Å². The highest BCUT2D eigenvalue weighted by atomic mass is 32.2. The van der Waals surface area contributed by atoms with Gasteiger partial charge in [0.1, 0.15) is 11.8 Å². The van der Waals surface area contributed by atoms with Gasteiger partial charge in [-0.2, -0.15) is 0 Å². The molecule has 1 atom stereocenters. The van der Waals surface area contributed by atoms with Crippen LogP contribution in [-0.2, 0) is 20.1 Å². The highest BCUT2D eigenvalue weighted by Crippen LogP contribution is 2.31. The molecule has 10 nitrogen and oxygen atoms in total. The number of amidine groups is 1. The Hall–Kier alpha value is -3.21. The van der Waals surface area contributed by atoms with E-state index in [0.29, 0.717) is 18.8 Å². The van der Waals surface area contributed by atoms with Gasteiger partial charge in [0.25, 0.3) is 5.91 Å². The Labute approximate surface area is 215 Å². The molecule has 0 aromatic heterocycles. The lowest BCUT2D eigenvalue weighted by atomic mass is 9.95. The van der Waals surface area contributed by atoms with Crippen LogP contribution in [0.5, 0.6) is 0 Å². The zero-order valence-corrected chi connectivity index (χ0v) is 21.4. The van der Waals surface area contributed by atoms with E-state index < -0.39 is 11.9 Å². The summed E-state index contributed by atoms with van der Waals surface area (Å²) in [4.78, 5) is 44.7.